The highest BCUT2D eigenvalue weighted by molar-refractivity contribution is 5.86. The fraction of sp³-hybridized carbons (Fsp3) is 0.444. The summed E-state index contributed by atoms with van der Waals surface area (Å²) in [7, 11) is 0. The number of hydrogen-bond acceptors (Lipinski definition) is 10. The zero-order valence-corrected chi connectivity index (χ0v) is 15.1. The number of aliphatic hydroxyl groups excluding tert-OH is 5. The number of hydrogen-bond donors (Lipinski definition) is 5. The lowest BCUT2D eigenvalue weighted by atomic mass is 9.99. The molecule has 0 saturated carbocycles. The molecule has 10 nitrogen and oxygen atoms in total. The third-order valence-electron chi connectivity index (χ3n) is 3.93. The first-order chi connectivity index (χ1) is 13.4. The largest absolute Gasteiger partial charge is 0.502 e. The SMILES string of the molecule is CCOC(C=Nc1ccc(O[C@H]2O[C@H](CO)[C@@H](O)[C@H](O)[C@@H]2O)cc1)=C(O)C=O. The van der Waals surface area contributed by atoms with Crippen LogP contribution in [-0.2, 0) is 14.3 Å². The first-order valence-corrected chi connectivity index (χ1v) is 8.53. The third-order valence-corrected chi connectivity index (χ3v) is 3.93. The number of nitrogens with zero attached hydrogens (tertiary/aromatic N) is 1. The van der Waals surface area contributed by atoms with Crippen molar-refractivity contribution in [3.05, 3.63) is 35.8 Å². The molecule has 1 heterocycles. The third kappa shape index (κ3) is 5.27. The molecule has 154 valence electrons. The summed E-state index contributed by atoms with van der Waals surface area (Å²) in [6.45, 7) is 1.38. The molecule has 28 heavy (non-hydrogen) atoms. The van der Waals surface area contributed by atoms with E-state index in [0.717, 1.165) is 0 Å². The smallest absolute Gasteiger partial charge is 0.229 e. The van der Waals surface area contributed by atoms with Crippen LogP contribution >= 0.6 is 0 Å². The van der Waals surface area contributed by atoms with Gasteiger partial charge < -0.3 is 39.7 Å². The van der Waals surface area contributed by atoms with Gasteiger partial charge in [-0.2, -0.15) is 0 Å². The summed E-state index contributed by atoms with van der Waals surface area (Å²) in [5.74, 6) is -0.369. The second kappa shape index (κ2) is 10.2. The van der Waals surface area contributed by atoms with Crippen molar-refractivity contribution < 1.29 is 44.5 Å². The Morgan fingerprint density at radius 2 is 1.86 bits per heavy atom. The van der Waals surface area contributed by atoms with Crippen LogP contribution in [0.5, 0.6) is 5.75 Å². The van der Waals surface area contributed by atoms with Crippen LogP contribution in [0.15, 0.2) is 40.8 Å². The molecule has 0 aliphatic carbocycles. The van der Waals surface area contributed by atoms with E-state index in [1.54, 1.807) is 19.1 Å². The Balaban J connectivity index is 2.06. The van der Waals surface area contributed by atoms with E-state index >= 15 is 0 Å². The average Bonchev–Trinajstić information content (AvgIpc) is 2.71. The number of carbonyl (C=O) groups is 1. The molecular weight excluding hydrogens is 374 g/mol. The van der Waals surface area contributed by atoms with Crippen molar-refractivity contribution >= 4 is 18.2 Å². The van der Waals surface area contributed by atoms with Crippen LogP contribution in [0.1, 0.15) is 6.92 Å². The molecule has 1 saturated heterocycles. The van der Waals surface area contributed by atoms with Gasteiger partial charge in [0.25, 0.3) is 0 Å². The topological polar surface area (TPSA) is 158 Å². The molecule has 1 aliphatic rings. The van der Waals surface area contributed by atoms with Crippen LogP contribution in [0.25, 0.3) is 0 Å². The highest BCUT2D eigenvalue weighted by Gasteiger charge is 2.44. The van der Waals surface area contributed by atoms with Gasteiger partial charge in [0.15, 0.2) is 17.8 Å². The number of rotatable bonds is 8. The van der Waals surface area contributed by atoms with E-state index in [4.69, 9.17) is 14.2 Å². The maximum absolute atomic E-state index is 10.6. The first kappa shape index (κ1) is 21.8. The summed E-state index contributed by atoms with van der Waals surface area (Å²) in [6, 6.07) is 6.13. The second-order valence-corrected chi connectivity index (χ2v) is 5.87. The minimum absolute atomic E-state index is 0.0702. The van der Waals surface area contributed by atoms with Crippen molar-refractivity contribution in [1.29, 1.82) is 0 Å². The van der Waals surface area contributed by atoms with Crippen LogP contribution in [0.2, 0.25) is 0 Å². The fourth-order valence-electron chi connectivity index (χ4n) is 2.43. The Morgan fingerprint density at radius 1 is 1.18 bits per heavy atom. The molecule has 0 aromatic heterocycles. The number of aliphatic imine (C=N–C) groups is 1. The van der Waals surface area contributed by atoms with E-state index in [1.807, 2.05) is 0 Å². The number of aldehydes is 1. The average molecular weight is 397 g/mol. The second-order valence-electron chi connectivity index (χ2n) is 5.87. The molecular formula is C18H23NO9. The van der Waals surface area contributed by atoms with Gasteiger partial charge in [-0.15, -0.1) is 0 Å². The molecule has 1 fully saturated rings. The number of ether oxygens (including phenoxy) is 3. The van der Waals surface area contributed by atoms with E-state index in [1.165, 1.54) is 18.3 Å². The molecule has 0 spiro atoms. The lowest BCUT2D eigenvalue weighted by Crippen LogP contribution is -2.60. The monoisotopic (exact) mass is 397 g/mol. The molecule has 10 heteroatoms. The molecule has 1 aliphatic heterocycles. The van der Waals surface area contributed by atoms with Crippen LogP contribution in [0, 0.1) is 0 Å². The van der Waals surface area contributed by atoms with E-state index < -0.39 is 43.1 Å². The summed E-state index contributed by atoms with van der Waals surface area (Å²) >= 11 is 0. The van der Waals surface area contributed by atoms with Gasteiger partial charge in [0, 0.05) is 0 Å². The number of benzene rings is 1. The van der Waals surface area contributed by atoms with Crippen molar-refractivity contribution in [2.45, 2.75) is 37.6 Å². The molecule has 2 rings (SSSR count). The van der Waals surface area contributed by atoms with E-state index in [0.29, 0.717) is 5.69 Å². The molecule has 0 bridgehead atoms. The maximum Gasteiger partial charge on any atom is 0.229 e. The lowest BCUT2D eigenvalue weighted by Gasteiger charge is -2.39. The van der Waals surface area contributed by atoms with Crippen molar-refractivity contribution in [3.8, 4) is 5.75 Å². The Hall–Kier alpha value is -2.50. The van der Waals surface area contributed by atoms with Crippen molar-refractivity contribution in [2.75, 3.05) is 13.2 Å². The van der Waals surface area contributed by atoms with E-state index in [2.05, 4.69) is 4.99 Å². The van der Waals surface area contributed by atoms with Crippen LogP contribution in [0.3, 0.4) is 0 Å². The summed E-state index contributed by atoms with van der Waals surface area (Å²) < 4.78 is 15.8. The Morgan fingerprint density at radius 3 is 2.43 bits per heavy atom. The Labute approximate surface area is 160 Å². The fourth-order valence-corrected chi connectivity index (χ4v) is 2.43. The summed E-state index contributed by atoms with van der Waals surface area (Å²) in [6.07, 6.45) is -5.43. The molecule has 1 aromatic rings. The van der Waals surface area contributed by atoms with Gasteiger partial charge in [-0.25, -0.2) is 0 Å². The van der Waals surface area contributed by atoms with Gasteiger partial charge in [-0.05, 0) is 31.2 Å². The highest BCUT2D eigenvalue weighted by Crippen LogP contribution is 2.25. The van der Waals surface area contributed by atoms with Crippen LogP contribution in [-0.4, -0.2) is 82.0 Å². The van der Waals surface area contributed by atoms with E-state index in [-0.39, 0.29) is 24.4 Å². The first-order valence-electron chi connectivity index (χ1n) is 8.53. The van der Waals surface area contributed by atoms with Gasteiger partial charge >= 0.3 is 0 Å². The molecule has 0 radical (unpaired) electrons. The predicted molar refractivity (Wildman–Crippen MR) is 96.3 cm³/mol. The molecule has 5 atom stereocenters. The zero-order valence-electron chi connectivity index (χ0n) is 15.1. The summed E-state index contributed by atoms with van der Waals surface area (Å²) in [4.78, 5) is 14.7. The van der Waals surface area contributed by atoms with Crippen molar-refractivity contribution in [2.24, 2.45) is 4.99 Å². The van der Waals surface area contributed by atoms with Gasteiger partial charge in [-0.3, -0.25) is 9.79 Å². The molecule has 1 aromatic carbocycles. The van der Waals surface area contributed by atoms with Gasteiger partial charge in [0.2, 0.25) is 6.29 Å². The highest BCUT2D eigenvalue weighted by atomic mass is 16.7. The predicted octanol–water partition coefficient (Wildman–Crippen LogP) is -0.427. The minimum atomic E-state index is -1.53. The van der Waals surface area contributed by atoms with Crippen LogP contribution < -0.4 is 4.74 Å². The summed E-state index contributed by atoms with van der Waals surface area (Å²) in [5, 5.41) is 48.1. The molecule has 0 amide bonds. The Bertz CT molecular complexity index is 702. The normalized spacial score (nSPS) is 28.7. The summed E-state index contributed by atoms with van der Waals surface area (Å²) in [5.41, 5.74) is 0.456. The molecule has 0 unspecified atom stereocenters. The standard InChI is InChI=1S/C18H23NO9/c1-2-26-13(12(22)8-20)7-19-10-3-5-11(6-4-10)27-18-17(25)16(24)15(23)14(9-21)28-18/h3-8,14-18,21-25H,2,9H2,1H3/t14-,15-,16+,17+,18+/m1/s1. The molecule has 5 N–H and O–H groups in total. The van der Waals surface area contributed by atoms with Gasteiger partial charge in [0.05, 0.1) is 25.1 Å². The van der Waals surface area contributed by atoms with Gasteiger partial charge in [0.1, 0.15) is 30.2 Å². The van der Waals surface area contributed by atoms with E-state index in [9.17, 15) is 30.3 Å². The number of allylic oxidation sites excluding steroid dienone is 2. The van der Waals surface area contributed by atoms with Crippen LogP contribution in [0.4, 0.5) is 5.69 Å². The quantitative estimate of drug-likeness (QED) is 0.170. The number of aliphatic hydroxyl groups is 5. The Kier molecular flexibility index (Phi) is 7.91. The maximum atomic E-state index is 10.6. The van der Waals surface area contributed by atoms with Crippen molar-refractivity contribution in [3.63, 3.8) is 0 Å². The number of carbonyl (C=O) groups excluding carboxylic acids is 1. The zero-order chi connectivity index (χ0) is 20.7. The van der Waals surface area contributed by atoms with Gasteiger partial charge in [-0.1, -0.05) is 0 Å². The lowest BCUT2D eigenvalue weighted by molar-refractivity contribution is -0.277. The van der Waals surface area contributed by atoms with Crippen molar-refractivity contribution in [1.82, 2.24) is 0 Å². The minimum Gasteiger partial charge on any atom is -0.502 e.